The summed E-state index contributed by atoms with van der Waals surface area (Å²) in [5.41, 5.74) is 2.01. The Kier molecular flexibility index (Phi) is 3.41. The van der Waals surface area contributed by atoms with Crippen molar-refractivity contribution in [2.45, 2.75) is 0 Å². The maximum absolute atomic E-state index is 12.2. The first-order valence-corrected chi connectivity index (χ1v) is 7.22. The molecule has 1 aliphatic rings. The Bertz CT molecular complexity index is 967. The minimum absolute atomic E-state index is 0.00128. The van der Waals surface area contributed by atoms with Crippen LogP contribution in [0.25, 0.3) is 17.1 Å². The fraction of sp³-hybridized carbons (Fsp3) is 0.200. The molecular weight excluding hydrogens is 316 g/mol. The molecule has 0 saturated carbocycles. The molecule has 7 nitrogen and oxygen atoms in total. The number of nitrogens with one attached hydrogen (secondary N) is 1. The number of fused-ring (bicyclic) bond motifs is 1. The highest BCUT2D eigenvalue weighted by Crippen LogP contribution is 2.18. The van der Waals surface area contributed by atoms with Gasteiger partial charge in [-0.25, -0.2) is 4.79 Å². The van der Waals surface area contributed by atoms with E-state index in [0.29, 0.717) is 5.56 Å². The van der Waals surface area contributed by atoms with Crippen LogP contribution < -0.4 is 11.0 Å². The van der Waals surface area contributed by atoms with E-state index in [0.717, 1.165) is 11.0 Å². The van der Waals surface area contributed by atoms with Gasteiger partial charge in [0.1, 0.15) is 5.57 Å². The average molecular weight is 330 g/mol. The number of nitrogens with zero attached hydrogens (tertiary/aromatic N) is 3. The standard InChI is InChI=1S/C15H14N4O3S/c1-17-10-5-4-8(7-11(10)18(2)15(17)22)6-9-12(20)16-14(23)19(3)13(9)21/h4-7H,1-3H3,(H,16,20,23). The lowest BCUT2D eigenvalue weighted by Crippen LogP contribution is -2.52. The smallest absolute Gasteiger partial charge is 0.298 e. The molecule has 0 spiro atoms. The van der Waals surface area contributed by atoms with E-state index in [1.54, 1.807) is 32.3 Å². The predicted octanol–water partition coefficient (Wildman–Crippen LogP) is 0.133. The van der Waals surface area contributed by atoms with Gasteiger partial charge in [-0.2, -0.15) is 0 Å². The van der Waals surface area contributed by atoms with Crippen molar-refractivity contribution in [3.63, 3.8) is 0 Å². The molecule has 1 N–H and O–H groups in total. The Morgan fingerprint density at radius 3 is 2.39 bits per heavy atom. The largest absolute Gasteiger partial charge is 0.328 e. The van der Waals surface area contributed by atoms with Crippen molar-refractivity contribution >= 4 is 46.3 Å². The number of hydrogen-bond donors (Lipinski definition) is 1. The number of aromatic nitrogens is 2. The molecule has 2 heterocycles. The second-order valence-corrected chi connectivity index (χ2v) is 5.72. The van der Waals surface area contributed by atoms with Crippen LogP contribution in [0.15, 0.2) is 28.6 Å². The lowest BCUT2D eigenvalue weighted by atomic mass is 10.1. The van der Waals surface area contributed by atoms with E-state index >= 15 is 0 Å². The Morgan fingerprint density at radius 2 is 1.70 bits per heavy atom. The molecule has 1 saturated heterocycles. The molecule has 1 aromatic carbocycles. The summed E-state index contributed by atoms with van der Waals surface area (Å²) in [6, 6.07) is 5.29. The van der Waals surface area contributed by atoms with Crippen molar-refractivity contribution in [1.82, 2.24) is 19.4 Å². The van der Waals surface area contributed by atoms with Crippen molar-refractivity contribution in [3.05, 3.63) is 39.8 Å². The molecule has 23 heavy (non-hydrogen) atoms. The first-order valence-electron chi connectivity index (χ1n) is 6.82. The molecule has 0 unspecified atom stereocenters. The van der Waals surface area contributed by atoms with Crippen molar-refractivity contribution in [2.24, 2.45) is 14.1 Å². The highest BCUT2D eigenvalue weighted by molar-refractivity contribution is 7.80. The number of carbonyl (C=O) groups excluding carboxylic acids is 2. The molecule has 2 amide bonds. The Morgan fingerprint density at radius 1 is 1.04 bits per heavy atom. The second kappa shape index (κ2) is 5.17. The summed E-state index contributed by atoms with van der Waals surface area (Å²) in [5, 5.41) is 2.54. The zero-order valence-electron chi connectivity index (χ0n) is 12.8. The maximum Gasteiger partial charge on any atom is 0.328 e. The van der Waals surface area contributed by atoms with E-state index in [1.807, 2.05) is 0 Å². The van der Waals surface area contributed by atoms with Gasteiger partial charge in [-0.05, 0) is 36.0 Å². The van der Waals surface area contributed by atoms with Crippen molar-refractivity contribution in [2.75, 3.05) is 7.05 Å². The van der Waals surface area contributed by atoms with E-state index in [1.165, 1.54) is 27.2 Å². The van der Waals surface area contributed by atoms with Gasteiger partial charge in [-0.3, -0.25) is 28.9 Å². The van der Waals surface area contributed by atoms with Crippen LogP contribution in [-0.2, 0) is 23.7 Å². The van der Waals surface area contributed by atoms with E-state index in [4.69, 9.17) is 12.2 Å². The van der Waals surface area contributed by atoms with Crippen molar-refractivity contribution in [1.29, 1.82) is 0 Å². The first-order chi connectivity index (χ1) is 10.8. The number of benzene rings is 1. The third-order valence-electron chi connectivity index (χ3n) is 3.91. The molecule has 0 radical (unpaired) electrons. The van der Waals surface area contributed by atoms with E-state index < -0.39 is 11.8 Å². The molecule has 0 bridgehead atoms. The summed E-state index contributed by atoms with van der Waals surface area (Å²) >= 11 is 4.90. The normalized spacial score (nSPS) is 17.3. The van der Waals surface area contributed by atoms with Gasteiger partial charge >= 0.3 is 5.69 Å². The minimum Gasteiger partial charge on any atom is -0.298 e. The van der Waals surface area contributed by atoms with Gasteiger partial charge in [0, 0.05) is 21.1 Å². The number of hydrogen-bond acceptors (Lipinski definition) is 4. The zero-order chi connectivity index (χ0) is 16.9. The van der Waals surface area contributed by atoms with Crippen LogP contribution in [0.1, 0.15) is 5.56 Å². The molecule has 1 fully saturated rings. The number of imidazole rings is 1. The summed E-state index contributed by atoms with van der Waals surface area (Å²) < 4.78 is 3.05. The van der Waals surface area contributed by atoms with E-state index in [-0.39, 0.29) is 16.4 Å². The second-order valence-electron chi connectivity index (χ2n) is 5.33. The van der Waals surface area contributed by atoms with E-state index in [2.05, 4.69) is 5.32 Å². The molecule has 118 valence electrons. The topological polar surface area (TPSA) is 76.3 Å². The van der Waals surface area contributed by atoms with Gasteiger partial charge in [-0.15, -0.1) is 0 Å². The SMILES string of the molecule is CN1C(=O)C(=Cc2ccc3c(c2)n(C)c(=O)n3C)C(=O)NC1=S. The molecule has 3 rings (SSSR count). The van der Waals surface area contributed by atoms with Crippen LogP contribution >= 0.6 is 12.2 Å². The number of carbonyl (C=O) groups is 2. The summed E-state index contributed by atoms with van der Waals surface area (Å²) in [4.78, 5) is 37.3. The fourth-order valence-corrected chi connectivity index (χ4v) is 2.70. The Hall–Kier alpha value is -2.74. The van der Waals surface area contributed by atoms with Crippen LogP contribution in [-0.4, -0.2) is 38.0 Å². The van der Waals surface area contributed by atoms with Gasteiger partial charge in [-0.1, -0.05) is 6.07 Å². The highest BCUT2D eigenvalue weighted by atomic mass is 32.1. The summed E-state index contributed by atoms with van der Waals surface area (Å²) in [6.07, 6.45) is 1.49. The molecule has 2 aromatic rings. The molecular formula is C15H14N4O3S. The number of likely N-dealkylation sites (N-methyl/N-ethyl adjacent to an activating group) is 1. The predicted molar refractivity (Wildman–Crippen MR) is 89.6 cm³/mol. The van der Waals surface area contributed by atoms with Crippen LogP contribution in [0.4, 0.5) is 0 Å². The highest BCUT2D eigenvalue weighted by Gasteiger charge is 2.30. The molecule has 0 aliphatic carbocycles. The number of aryl methyl sites for hydroxylation is 2. The van der Waals surface area contributed by atoms with Crippen molar-refractivity contribution in [3.8, 4) is 0 Å². The van der Waals surface area contributed by atoms with Gasteiger partial charge in [0.05, 0.1) is 11.0 Å². The quantitative estimate of drug-likeness (QED) is 0.458. The number of amides is 2. The summed E-state index contributed by atoms with van der Waals surface area (Å²) in [6.45, 7) is 0. The van der Waals surface area contributed by atoms with Gasteiger partial charge in [0.25, 0.3) is 11.8 Å². The first kappa shape index (κ1) is 15.2. The van der Waals surface area contributed by atoms with Gasteiger partial charge in [0.2, 0.25) is 0 Å². The summed E-state index contributed by atoms with van der Waals surface area (Å²) in [7, 11) is 4.87. The van der Waals surface area contributed by atoms with Crippen LogP contribution in [0.5, 0.6) is 0 Å². The van der Waals surface area contributed by atoms with Crippen molar-refractivity contribution < 1.29 is 9.59 Å². The van der Waals surface area contributed by atoms with Crippen LogP contribution in [0, 0.1) is 0 Å². The average Bonchev–Trinajstić information content (AvgIpc) is 2.74. The lowest BCUT2D eigenvalue weighted by Gasteiger charge is -2.25. The molecule has 1 aromatic heterocycles. The number of rotatable bonds is 1. The Labute approximate surface area is 136 Å². The van der Waals surface area contributed by atoms with Gasteiger partial charge < -0.3 is 0 Å². The molecule has 0 atom stereocenters. The monoisotopic (exact) mass is 330 g/mol. The minimum atomic E-state index is -0.528. The lowest BCUT2D eigenvalue weighted by molar-refractivity contribution is -0.128. The Balaban J connectivity index is 2.12. The molecule has 1 aliphatic heterocycles. The molecule has 8 heteroatoms. The number of thiocarbonyl (C=S) groups is 1. The van der Waals surface area contributed by atoms with Crippen LogP contribution in [0.2, 0.25) is 0 Å². The maximum atomic E-state index is 12.2. The fourth-order valence-electron chi connectivity index (χ4n) is 2.53. The third kappa shape index (κ3) is 2.27. The van der Waals surface area contributed by atoms with E-state index in [9.17, 15) is 14.4 Å². The zero-order valence-corrected chi connectivity index (χ0v) is 13.6. The van der Waals surface area contributed by atoms with Gasteiger partial charge in [0.15, 0.2) is 5.11 Å². The third-order valence-corrected chi connectivity index (χ3v) is 4.29. The summed E-state index contributed by atoms with van der Waals surface area (Å²) in [5.74, 6) is -0.985. The van der Waals surface area contributed by atoms with Crippen LogP contribution in [0.3, 0.4) is 0 Å².